The van der Waals surface area contributed by atoms with E-state index < -0.39 is 5.41 Å². The summed E-state index contributed by atoms with van der Waals surface area (Å²) in [5.74, 6) is -0.0923. The second-order valence-electron chi connectivity index (χ2n) is 5.81. The molecule has 0 saturated carbocycles. The van der Waals surface area contributed by atoms with Crippen LogP contribution in [0.4, 0.5) is 5.69 Å². The van der Waals surface area contributed by atoms with Crippen molar-refractivity contribution in [1.29, 1.82) is 0 Å². The van der Waals surface area contributed by atoms with E-state index in [4.69, 9.17) is 11.6 Å². The van der Waals surface area contributed by atoms with E-state index in [0.29, 0.717) is 10.7 Å². The fourth-order valence-electron chi connectivity index (χ4n) is 2.55. The van der Waals surface area contributed by atoms with Crippen molar-refractivity contribution in [2.24, 2.45) is 0 Å². The van der Waals surface area contributed by atoms with Crippen molar-refractivity contribution >= 4 is 34.1 Å². The first-order chi connectivity index (χ1) is 10.5. The van der Waals surface area contributed by atoms with Gasteiger partial charge in [-0.25, -0.2) is 0 Å². The molecule has 1 amide bonds. The molecule has 112 valence electrons. The number of benzene rings is 2. The molecule has 0 saturated heterocycles. The molecule has 2 N–H and O–H groups in total. The summed E-state index contributed by atoms with van der Waals surface area (Å²) in [6.45, 7) is 3.82. The summed E-state index contributed by atoms with van der Waals surface area (Å²) in [4.78, 5) is 16.0. The van der Waals surface area contributed by atoms with Crippen molar-refractivity contribution in [3.05, 3.63) is 65.3 Å². The number of anilines is 1. The van der Waals surface area contributed by atoms with E-state index >= 15 is 0 Å². The summed E-state index contributed by atoms with van der Waals surface area (Å²) in [7, 11) is 0. The van der Waals surface area contributed by atoms with Crippen LogP contribution >= 0.6 is 11.6 Å². The summed E-state index contributed by atoms with van der Waals surface area (Å²) in [5.41, 5.74) is 1.93. The molecule has 0 unspecified atom stereocenters. The number of aromatic nitrogens is 1. The van der Waals surface area contributed by atoms with Crippen LogP contribution in [-0.2, 0) is 10.2 Å². The maximum absolute atomic E-state index is 12.7. The second kappa shape index (κ2) is 5.50. The SMILES string of the molecule is CC(C)(C(=O)Nc1ccccc1Cl)c1c[nH]c2ccccc12. The minimum absolute atomic E-state index is 0.0923. The van der Waals surface area contributed by atoms with E-state index in [1.807, 2.05) is 56.4 Å². The smallest absolute Gasteiger partial charge is 0.234 e. The van der Waals surface area contributed by atoms with Crippen molar-refractivity contribution in [2.45, 2.75) is 19.3 Å². The fourth-order valence-corrected chi connectivity index (χ4v) is 2.74. The molecule has 0 aliphatic heterocycles. The van der Waals surface area contributed by atoms with Gasteiger partial charge in [-0.05, 0) is 37.6 Å². The molecule has 1 heterocycles. The summed E-state index contributed by atoms with van der Waals surface area (Å²) >= 11 is 6.12. The monoisotopic (exact) mass is 312 g/mol. The van der Waals surface area contributed by atoms with Crippen LogP contribution in [0.15, 0.2) is 54.7 Å². The van der Waals surface area contributed by atoms with E-state index in [9.17, 15) is 4.79 Å². The normalized spacial score (nSPS) is 11.6. The number of halogens is 1. The van der Waals surface area contributed by atoms with Crippen LogP contribution in [0.1, 0.15) is 19.4 Å². The molecule has 0 spiro atoms. The molecular weight excluding hydrogens is 296 g/mol. The quantitative estimate of drug-likeness (QED) is 0.721. The lowest BCUT2D eigenvalue weighted by Gasteiger charge is -2.23. The highest BCUT2D eigenvalue weighted by molar-refractivity contribution is 6.33. The average molecular weight is 313 g/mol. The zero-order chi connectivity index (χ0) is 15.7. The van der Waals surface area contributed by atoms with Crippen LogP contribution in [-0.4, -0.2) is 10.9 Å². The summed E-state index contributed by atoms with van der Waals surface area (Å²) < 4.78 is 0. The van der Waals surface area contributed by atoms with Gasteiger partial charge in [-0.15, -0.1) is 0 Å². The van der Waals surface area contributed by atoms with E-state index in [0.717, 1.165) is 16.5 Å². The fraction of sp³-hybridized carbons (Fsp3) is 0.167. The molecule has 1 aromatic heterocycles. The van der Waals surface area contributed by atoms with Gasteiger partial charge < -0.3 is 10.3 Å². The Morgan fingerprint density at radius 1 is 1.09 bits per heavy atom. The highest BCUT2D eigenvalue weighted by Gasteiger charge is 2.32. The lowest BCUT2D eigenvalue weighted by molar-refractivity contribution is -0.120. The van der Waals surface area contributed by atoms with Crippen molar-refractivity contribution < 1.29 is 4.79 Å². The van der Waals surface area contributed by atoms with Crippen molar-refractivity contribution in [2.75, 3.05) is 5.32 Å². The number of H-pyrrole nitrogens is 1. The number of aromatic amines is 1. The molecule has 0 aliphatic rings. The average Bonchev–Trinajstić information content (AvgIpc) is 2.94. The molecule has 4 heteroatoms. The molecule has 22 heavy (non-hydrogen) atoms. The Kier molecular flexibility index (Phi) is 3.67. The number of para-hydroxylation sites is 2. The third-order valence-electron chi connectivity index (χ3n) is 3.95. The standard InChI is InChI=1S/C18H17ClN2O/c1-18(2,13-11-20-15-9-5-3-7-12(13)15)17(22)21-16-10-6-4-8-14(16)19/h3-11,20H,1-2H3,(H,21,22). The summed E-state index contributed by atoms with van der Waals surface area (Å²) in [5, 5.41) is 4.51. The molecule has 0 atom stereocenters. The molecule has 2 aromatic carbocycles. The summed E-state index contributed by atoms with van der Waals surface area (Å²) in [6.07, 6.45) is 1.90. The first-order valence-corrected chi connectivity index (χ1v) is 7.50. The van der Waals surface area contributed by atoms with Crippen LogP contribution in [0.2, 0.25) is 5.02 Å². The van der Waals surface area contributed by atoms with E-state index in [1.165, 1.54) is 0 Å². The van der Waals surface area contributed by atoms with Gasteiger partial charge in [0.1, 0.15) is 0 Å². The van der Waals surface area contributed by atoms with Gasteiger partial charge in [-0.3, -0.25) is 4.79 Å². The largest absolute Gasteiger partial charge is 0.361 e. The number of nitrogens with one attached hydrogen (secondary N) is 2. The number of carbonyl (C=O) groups excluding carboxylic acids is 1. The van der Waals surface area contributed by atoms with E-state index in [1.54, 1.807) is 12.1 Å². The van der Waals surface area contributed by atoms with Crippen LogP contribution in [0.5, 0.6) is 0 Å². The zero-order valence-corrected chi connectivity index (χ0v) is 13.2. The molecule has 0 radical (unpaired) electrons. The van der Waals surface area contributed by atoms with Gasteiger partial charge in [0.05, 0.1) is 16.1 Å². The number of amides is 1. The molecule has 3 nitrogen and oxygen atoms in total. The first kappa shape index (κ1) is 14.7. The Morgan fingerprint density at radius 2 is 1.77 bits per heavy atom. The van der Waals surface area contributed by atoms with Crippen LogP contribution in [0.25, 0.3) is 10.9 Å². The third kappa shape index (κ3) is 2.48. The number of carbonyl (C=O) groups is 1. The van der Waals surface area contributed by atoms with E-state index in [-0.39, 0.29) is 5.91 Å². The van der Waals surface area contributed by atoms with Gasteiger partial charge in [-0.1, -0.05) is 41.9 Å². The molecule has 0 fully saturated rings. The maximum Gasteiger partial charge on any atom is 0.234 e. The summed E-state index contributed by atoms with van der Waals surface area (Å²) in [6, 6.07) is 15.2. The molecule has 0 bridgehead atoms. The number of fused-ring (bicyclic) bond motifs is 1. The van der Waals surface area contributed by atoms with Gasteiger partial charge in [0.25, 0.3) is 0 Å². The maximum atomic E-state index is 12.7. The predicted octanol–water partition coefficient (Wildman–Crippen LogP) is 4.74. The number of rotatable bonds is 3. The van der Waals surface area contributed by atoms with Gasteiger partial charge in [-0.2, -0.15) is 0 Å². The highest BCUT2D eigenvalue weighted by Crippen LogP contribution is 2.32. The van der Waals surface area contributed by atoms with Gasteiger partial charge in [0, 0.05) is 17.1 Å². The van der Waals surface area contributed by atoms with Crippen LogP contribution in [0, 0.1) is 0 Å². The van der Waals surface area contributed by atoms with Gasteiger partial charge in [0.2, 0.25) is 5.91 Å². The minimum Gasteiger partial charge on any atom is -0.361 e. The van der Waals surface area contributed by atoms with Gasteiger partial charge in [0.15, 0.2) is 0 Å². The minimum atomic E-state index is -0.682. The topological polar surface area (TPSA) is 44.9 Å². The lowest BCUT2D eigenvalue weighted by Crippen LogP contribution is -2.34. The molecule has 3 rings (SSSR count). The Hall–Kier alpha value is -2.26. The number of hydrogen-bond donors (Lipinski definition) is 2. The molecule has 3 aromatic rings. The first-order valence-electron chi connectivity index (χ1n) is 7.13. The Bertz CT molecular complexity index is 836. The van der Waals surface area contributed by atoms with Crippen molar-refractivity contribution in [3.8, 4) is 0 Å². The van der Waals surface area contributed by atoms with Crippen LogP contribution in [0.3, 0.4) is 0 Å². The molecular formula is C18H17ClN2O. The highest BCUT2D eigenvalue weighted by atomic mass is 35.5. The number of hydrogen-bond acceptors (Lipinski definition) is 1. The predicted molar refractivity (Wildman–Crippen MR) is 91.4 cm³/mol. The Balaban J connectivity index is 1.95. The molecule has 0 aliphatic carbocycles. The Morgan fingerprint density at radius 3 is 2.55 bits per heavy atom. The van der Waals surface area contributed by atoms with Crippen molar-refractivity contribution in [1.82, 2.24) is 4.98 Å². The van der Waals surface area contributed by atoms with Gasteiger partial charge >= 0.3 is 0 Å². The van der Waals surface area contributed by atoms with Crippen LogP contribution < -0.4 is 5.32 Å². The lowest BCUT2D eigenvalue weighted by atomic mass is 9.83. The van der Waals surface area contributed by atoms with Crippen molar-refractivity contribution in [3.63, 3.8) is 0 Å². The third-order valence-corrected chi connectivity index (χ3v) is 4.28. The Labute approximate surface area is 134 Å². The second-order valence-corrected chi connectivity index (χ2v) is 6.21. The zero-order valence-electron chi connectivity index (χ0n) is 12.5. The van der Waals surface area contributed by atoms with E-state index in [2.05, 4.69) is 10.3 Å².